The molecule has 0 aromatic heterocycles. The molecule has 0 bridgehead atoms. The Morgan fingerprint density at radius 3 is 2.62 bits per heavy atom. The number of nitrogens with zero attached hydrogens (tertiary/aromatic N) is 1. The molecule has 2 rings (SSSR count). The fraction of sp³-hybridized carbons (Fsp3) is 0.500. The largest absolute Gasteiger partial charge is 0.478 e. The highest BCUT2D eigenvalue weighted by Crippen LogP contribution is 2.26. The molecule has 2 atom stereocenters. The maximum atomic E-state index is 12.7. The van der Waals surface area contributed by atoms with E-state index in [-0.39, 0.29) is 29.5 Å². The minimum atomic E-state index is -3.75. The summed E-state index contributed by atoms with van der Waals surface area (Å²) in [5.41, 5.74) is 0.461. The third-order valence-corrected chi connectivity index (χ3v) is 5.88. The molecule has 21 heavy (non-hydrogen) atoms. The number of carboxylic acid groups (broad SMARTS) is 1. The molecule has 2 unspecified atom stereocenters. The van der Waals surface area contributed by atoms with Crippen molar-refractivity contribution in [3.8, 4) is 0 Å². The van der Waals surface area contributed by atoms with Gasteiger partial charge in [0.2, 0.25) is 10.0 Å². The fourth-order valence-electron chi connectivity index (χ4n) is 2.46. The normalized spacial score (nSPS) is 24.0. The molecule has 1 aromatic carbocycles. The maximum Gasteiger partial charge on any atom is 0.335 e. The van der Waals surface area contributed by atoms with Crippen LogP contribution in [0.2, 0.25) is 0 Å². The van der Waals surface area contributed by atoms with Crippen molar-refractivity contribution in [1.82, 2.24) is 4.31 Å². The van der Waals surface area contributed by atoms with E-state index < -0.39 is 22.1 Å². The van der Waals surface area contributed by atoms with Gasteiger partial charge in [0.15, 0.2) is 0 Å². The van der Waals surface area contributed by atoms with Gasteiger partial charge in [-0.15, -0.1) is 0 Å². The second-order valence-corrected chi connectivity index (χ2v) is 7.39. The summed E-state index contributed by atoms with van der Waals surface area (Å²) in [5.74, 6) is -1.30. The number of carboxylic acids is 1. The molecule has 0 aliphatic carbocycles. The Kier molecular flexibility index (Phi) is 4.36. The Bertz CT molecular complexity index is 655. The average molecular weight is 313 g/mol. The third kappa shape index (κ3) is 3.09. The molecule has 2 N–H and O–H groups in total. The number of sulfonamides is 1. The Balaban J connectivity index is 2.40. The van der Waals surface area contributed by atoms with Crippen molar-refractivity contribution in [2.24, 2.45) is 5.92 Å². The summed E-state index contributed by atoms with van der Waals surface area (Å²) in [6.07, 6.45) is -0.110. The first-order valence-electron chi connectivity index (χ1n) is 6.75. The van der Waals surface area contributed by atoms with Gasteiger partial charge in [-0.2, -0.15) is 4.31 Å². The van der Waals surface area contributed by atoms with Crippen LogP contribution in [0.5, 0.6) is 0 Å². The highest BCUT2D eigenvalue weighted by atomic mass is 32.2. The van der Waals surface area contributed by atoms with Crippen molar-refractivity contribution < 1.29 is 23.4 Å². The standard InChI is InChI=1S/C14H19NO5S/c1-9-3-4-11(14(17)18)7-13(9)21(19,20)15-6-5-12(16)10(2)8-15/h3-4,7,10,12,16H,5-6,8H2,1-2H3,(H,17,18). The lowest BCUT2D eigenvalue weighted by Crippen LogP contribution is -2.45. The first-order valence-corrected chi connectivity index (χ1v) is 8.19. The Morgan fingerprint density at radius 1 is 1.38 bits per heavy atom. The van der Waals surface area contributed by atoms with Crippen molar-refractivity contribution in [2.45, 2.75) is 31.3 Å². The van der Waals surface area contributed by atoms with Crippen molar-refractivity contribution >= 4 is 16.0 Å². The predicted octanol–water partition coefficient (Wildman–Crippen LogP) is 1.08. The van der Waals surface area contributed by atoms with E-state index in [1.165, 1.54) is 22.5 Å². The van der Waals surface area contributed by atoms with E-state index in [1.54, 1.807) is 13.8 Å². The van der Waals surface area contributed by atoms with E-state index in [0.717, 1.165) is 0 Å². The molecule has 0 spiro atoms. The minimum absolute atomic E-state index is 0.0194. The van der Waals surface area contributed by atoms with Crippen LogP contribution in [-0.4, -0.2) is 48.1 Å². The SMILES string of the molecule is Cc1ccc(C(=O)O)cc1S(=O)(=O)N1CCC(O)C(C)C1. The van der Waals surface area contributed by atoms with E-state index in [4.69, 9.17) is 5.11 Å². The predicted molar refractivity (Wildman–Crippen MR) is 76.7 cm³/mol. The zero-order valence-corrected chi connectivity index (χ0v) is 12.8. The molecule has 0 amide bonds. The molecular weight excluding hydrogens is 294 g/mol. The smallest absolute Gasteiger partial charge is 0.335 e. The highest BCUT2D eigenvalue weighted by Gasteiger charge is 2.33. The van der Waals surface area contributed by atoms with Crippen LogP contribution in [0.3, 0.4) is 0 Å². The number of rotatable bonds is 3. The summed E-state index contributed by atoms with van der Waals surface area (Å²) in [6, 6.07) is 4.08. The lowest BCUT2D eigenvalue weighted by atomic mass is 9.99. The fourth-order valence-corrected chi connectivity index (χ4v) is 4.27. The molecule has 1 fully saturated rings. The lowest BCUT2D eigenvalue weighted by Gasteiger charge is -2.33. The number of piperidine rings is 1. The van der Waals surface area contributed by atoms with Gasteiger partial charge in [0.05, 0.1) is 16.6 Å². The van der Waals surface area contributed by atoms with Gasteiger partial charge in [0.1, 0.15) is 0 Å². The van der Waals surface area contributed by atoms with Crippen molar-refractivity contribution in [3.05, 3.63) is 29.3 Å². The number of aromatic carboxylic acids is 1. The van der Waals surface area contributed by atoms with E-state index in [9.17, 15) is 18.3 Å². The quantitative estimate of drug-likeness (QED) is 0.871. The number of aryl methyl sites for hydroxylation is 1. The number of hydrogen-bond donors (Lipinski definition) is 2. The Labute approximate surface area is 124 Å². The highest BCUT2D eigenvalue weighted by molar-refractivity contribution is 7.89. The second kappa shape index (κ2) is 5.75. The number of benzene rings is 1. The number of aliphatic hydroxyl groups is 1. The average Bonchev–Trinajstić information content (AvgIpc) is 2.41. The number of carbonyl (C=O) groups is 1. The van der Waals surface area contributed by atoms with Gasteiger partial charge in [-0.05, 0) is 37.0 Å². The summed E-state index contributed by atoms with van der Waals surface area (Å²) in [7, 11) is -3.75. The minimum Gasteiger partial charge on any atom is -0.478 e. The van der Waals surface area contributed by atoms with Crippen molar-refractivity contribution in [1.29, 1.82) is 0 Å². The second-order valence-electron chi connectivity index (χ2n) is 5.48. The van der Waals surface area contributed by atoms with E-state index in [0.29, 0.717) is 12.0 Å². The summed E-state index contributed by atoms with van der Waals surface area (Å²) in [4.78, 5) is 11.0. The first kappa shape index (κ1) is 15.9. The molecular formula is C14H19NO5S. The van der Waals surface area contributed by atoms with Crippen LogP contribution < -0.4 is 0 Å². The Hall–Kier alpha value is -1.44. The monoisotopic (exact) mass is 313 g/mol. The van der Waals surface area contributed by atoms with E-state index in [1.807, 2.05) is 0 Å². The van der Waals surface area contributed by atoms with Crippen molar-refractivity contribution in [3.63, 3.8) is 0 Å². The van der Waals surface area contributed by atoms with Gasteiger partial charge in [-0.1, -0.05) is 13.0 Å². The molecule has 1 aromatic rings. The topological polar surface area (TPSA) is 94.9 Å². The number of aliphatic hydroxyl groups excluding tert-OH is 1. The van der Waals surface area contributed by atoms with Crippen LogP contribution in [0.1, 0.15) is 29.3 Å². The molecule has 0 radical (unpaired) electrons. The molecule has 116 valence electrons. The van der Waals surface area contributed by atoms with Gasteiger partial charge in [0, 0.05) is 13.1 Å². The summed E-state index contributed by atoms with van der Waals surface area (Å²) >= 11 is 0. The summed E-state index contributed by atoms with van der Waals surface area (Å²) in [5, 5.41) is 18.7. The van der Waals surface area contributed by atoms with Crippen LogP contribution in [0, 0.1) is 12.8 Å². The zero-order chi connectivity index (χ0) is 15.8. The molecule has 7 heteroatoms. The number of hydrogen-bond acceptors (Lipinski definition) is 4. The van der Waals surface area contributed by atoms with Crippen LogP contribution in [-0.2, 0) is 10.0 Å². The molecule has 6 nitrogen and oxygen atoms in total. The van der Waals surface area contributed by atoms with Crippen molar-refractivity contribution in [2.75, 3.05) is 13.1 Å². The molecule has 1 saturated heterocycles. The molecule has 1 aliphatic heterocycles. The summed E-state index contributed by atoms with van der Waals surface area (Å²) < 4.78 is 26.7. The van der Waals surface area contributed by atoms with Crippen LogP contribution in [0.25, 0.3) is 0 Å². The van der Waals surface area contributed by atoms with Crippen LogP contribution in [0.4, 0.5) is 0 Å². The first-order chi connectivity index (χ1) is 9.73. The van der Waals surface area contributed by atoms with E-state index in [2.05, 4.69) is 0 Å². The Morgan fingerprint density at radius 2 is 2.05 bits per heavy atom. The van der Waals surface area contributed by atoms with Gasteiger partial charge in [-0.25, -0.2) is 13.2 Å². The lowest BCUT2D eigenvalue weighted by molar-refractivity contribution is 0.0628. The third-order valence-electron chi connectivity index (χ3n) is 3.88. The van der Waals surface area contributed by atoms with Gasteiger partial charge in [0.25, 0.3) is 0 Å². The molecule has 1 aliphatic rings. The van der Waals surface area contributed by atoms with Crippen LogP contribution >= 0.6 is 0 Å². The maximum absolute atomic E-state index is 12.7. The van der Waals surface area contributed by atoms with E-state index >= 15 is 0 Å². The van der Waals surface area contributed by atoms with Crippen LogP contribution in [0.15, 0.2) is 23.1 Å². The van der Waals surface area contributed by atoms with Gasteiger partial charge in [-0.3, -0.25) is 0 Å². The molecule has 0 saturated carbocycles. The van der Waals surface area contributed by atoms with Gasteiger partial charge >= 0.3 is 5.97 Å². The van der Waals surface area contributed by atoms with Gasteiger partial charge < -0.3 is 10.2 Å². The zero-order valence-electron chi connectivity index (χ0n) is 12.0. The summed E-state index contributed by atoms with van der Waals surface area (Å²) in [6.45, 7) is 3.92. The molecule has 1 heterocycles.